The van der Waals surface area contributed by atoms with Gasteiger partial charge in [0.15, 0.2) is 11.5 Å². The lowest BCUT2D eigenvalue weighted by Gasteiger charge is -2.26. The molecule has 0 radical (unpaired) electrons. The molecule has 0 unspecified atom stereocenters. The molecule has 0 spiro atoms. The van der Waals surface area contributed by atoms with Gasteiger partial charge in [-0.3, -0.25) is 0 Å². The summed E-state index contributed by atoms with van der Waals surface area (Å²) in [5, 5.41) is 20.0. The van der Waals surface area contributed by atoms with Crippen LogP contribution in [0.5, 0.6) is 28.7 Å². The highest BCUT2D eigenvalue weighted by Crippen LogP contribution is 2.41. The summed E-state index contributed by atoms with van der Waals surface area (Å²) in [5.41, 5.74) is 1.76. The Labute approximate surface area is 128 Å². The number of aromatic hydroxyl groups is 2. The van der Waals surface area contributed by atoms with Crippen LogP contribution in [-0.2, 0) is 6.42 Å². The summed E-state index contributed by atoms with van der Waals surface area (Å²) in [6.45, 7) is 0.443. The van der Waals surface area contributed by atoms with Crippen LogP contribution in [0.1, 0.15) is 17.0 Å². The van der Waals surface area contributed by atoms with Gasteiger partial charge in [-0.2, -0.15) is 0 Å². The maximum Gasteiger partial charge on any atom is 0.161 e. The van der Waals surface area contributed by atoms with Crippen molar-refractivity contribution in [3.63, 3.8) is 0 Å². The zero-order chi connectivity index (χ0) is 15.7. The predicted octanol–water partition coefficient (Wildman–Crippen LogP) is 2.83. The molecule has 1 atom stereocenters. The van der Waals surface area contributed by atoms with Crippen LogP contribution in [0, 0.1) is 0 Å². The molecule has 0 saturated heterocycles. The molecule has 0 aromatic heterocycles. The smallest absolute Gasteiger partial charge is 0.161 e. The molecule has 5 heteroatoms. The summed E-state index contributed by atoms with van der Waals surface area (Å²) in [4.78, 5) is 0. The number of phenolic OH excluding ortho intramolecular Hbond substituents is 2. The fourth-order valence-electron chi connectivity index (χ4n) is 2.76. The van der Waals surface area contributed by atoms with E-state index in [9.17, 15) is 10.2 Å². The van der Waals surface area contributed by atoms with Crippen molar-refractivity contribution in [2.75, 3.05) is 20.8 Å². The Morgan fingerprint density at radius 3 is 2.55 bits per heavy atom. The number of ether oxygens (including phenoxy) is 3. The van der Waals surface area contributed by atoms with Crippen LogP contribution >= 0.6 is 0 Å². The first-order valence-electron chi connectivity index (χ1n) is 7.02. The number of benzene rings is 2. The molecule has 1 aliphatic rings. The molecule has 1 aliphatic heterocycles. The molecule has 22 heavy (non-hydrogen) atoms. The second-order valence-electron chi connectivity index (χ2n) is 5.27. The quantitative estimate of drug-likeness (QED) is 0.912. The van der Waals surface area contributed by atoms with E-state index in [1.54, 1.807) is 25.3 Å². The number of fused-ring (bicyclic) bond motifs is 1. The normalized spacial score (nSPS) is 16.5. The lowest BCUT2D eigenvalue weighted by Crippen LogP contribution is -2.19. The molecule has 5 nitrogen and oxygen atoms in total. The van der Waals surface area contributed by atoms with Gasteiger partial charge in [0.2, 0.25) is 0 Å². The summed E-state index contributed by atoms with van der Waals surface area (Å²) in [5.74, 6) is 1.98. The van der Waals surface area contributed by atoms with E-state index in [0.29, 0.717) is 30.3 Å². The Bertz CT molecular complexity index is 696. The van der Waals surface area contributed by atoms with Crippen molar-refractivity contribution in [3.8, 4) is 28.7 Å². The van der Waals surface area contributed by atoms with E-state index in [1.807, 2.05) is 12.1 Å². The number of phenols is 2. The first-order valence-corrected chi connectivity index (χ1v) is 7.02. The summed E-state index contributed by atoms with van der Waals surface area (Å²) < 4.78 is 16.0. The van der Waals surface area contributed by atoms with Gasteiger partial charge >= 0.3 is 0 Å². The van der Waals surface area contributed by atoms with Gasteiger partial charge < -0.3 is 24.4 Å². The first kappa shape index (κ1) is 14.4. The maximum absolute atomic E-state index is 10.2. The van der Waals surface area contributed by atoms with Crippen LogP contribution in [0.4, 0.5) is 0 Å². The Hall–Kier alpha value is -2.56. The predicted molar refractivity (Wildman–Crippen MR) is 81.3 cm³/mol. The van der Waals surface area contributed by atoms with Crippen molar-refractivity contribution >= 4 is 0 Å². The van der Waals surface area contributed by atoms with E-state index in [0.717, 1.165) is 11.1 Å². The lowest BCUT2D eigenvalue weighted by molar-refractivity contribution is 0.256. The molecule has 2 aromatic carbocycles. The SMILES string of the molecule is COc1ccc([C@@H]2COc3cc(O)c(OC)cc3C2)c(O)c1. The van der Waals surface area contributed by atoms with Gasteiger partial charge in [-0.25, -0.2) is 0 Å². The standard InChI is InChI=1S/C17H18O5/c1-20-12-3-4-13(14(18)7-12)11-5-10-6-17(21-2)15(19)8-16(10)22-9-11/h3-4,6-8,11,18-19H,5,9H2,1-2H3/t11-/m0/s1. The van der Waals surface area contributed by atoms with E-state index in [4.69, 9.17) is 14.2 Å². The second-order valence-corrected chi connectivity index (χ2v) is 5.27. The highest BCUT2D eigenvalue weighted by atomic mass is 16.5. The van der Waals surface area contributed by atoms with Crippen molar-refractivity contribution < 1.29 is 24.4 Å². The fourth-order valence-corrected chi connectivity index (χ4v) is 2.76. The third kappa shape index (κ3) is 2.50. The van der Waals surface area contributed by atoms with Gasteiger partial charge in [0.1, 0.15) is 17.2 Å². The first-order chi connectivity index (χ1) is 10.6. The van der Waals surface area contributed by atoms with Crippen LogP contribution in [0.25, 0.3) is 0 Å². The third-order valence-corrected chi connectivity index (χ3v) is 3.95. The van der Waals surface area contributed by atoms with Gasteiger partial charge in [-0.1, -0.05) is 6.07 Å². The topological polar surface area (TPSA) is 68.2 Å². The minimum absolute atomic E-state index is 0.0349. The van der Waals surface area contributed by atoms with Crippen molar-refractivity contribution in [1.29, 1.82) is 0 Å². The van der Waals surface area contributed by atoms with Crippen LogP contribution in [0.3, 0.4) is 0 Å². The van der Waals surface area contributed by atoms with Crippen molar-refractivity contribution in [2.45, 2.75) is 12.3 Å². The van der Waals surface area contributed by atoms with Gasteiger partial charge in [0.05, 0.1) is 20.8 Å². The molecular weight excluding hydrogens is 284 g/mol. The molecule has 0 amide bonds. The second kappa shape index (κ2) is 5.67. The monoisotopic (exact) mass is 302 g/mol. The average Bonchev–Trinajstić information content (AvgIpc) is 2.53. The summed E-state index contributed by atoms with van der Waals surface area (Å²) in [6, 6.07) is 8.62. The highest BCUT2D eigenvalue weighted by Gasteiger charge is 2.25. The number of methoxy groups -OCH3 is 2. The van der Waals surface area contributed by atoms with Gasteiger partial charge in [0.25, 0.3) is 0 Å². The molecule has 1 heterocycles. The van der Waals surface area contributed by atoms with E-state index < -0.39 is 0 Å². The molecule has 116 valence electrons. The highest BCUT2D eigenvalue weighted by molar-refractivity contribution is 5.52. The molecule has 0 saturated carbocycles. The minimum Gasteiger partial charge on any atom is -0.508 e. The van der Waals surface area contributed by atoms with E-state index in [-0.39, 0.29) is 17.4 Å². The molecule has 0 bridgehead atoms. The molecular formula is C17H18O5. The van der Waals surface area contributed by atoms with Crippen molar-refractivity contribution in [2.24, 2.45) is 0 Å². The zero-order valence-corrected chi connectivity index (χ0v) is 12.5. The van der Waals surface area contributed by atoms with Gasteiger partial charge in [-0.15, -0.1) is 0 Å². The number of hydrogen-bond donors (Lipinski definition) is 2. The van der Waals surface area contributed by atoms with Crippen LogP contribution in [0.15, 0.2) is 30.3 Å². The van der Waals surface area contributed by atoms with E-state index in [1.165, 1.54) is 7.11 Å². The minimum atomic E-state index is 0.0349. The van der Waals surface area contributed by atoms with Gasteiger partial charge in [-0.05, 0) is 24.1 Å². The van der Waals surface area contributed by atoms with Crippen LogP contribution < -0.4 is 14.2 Å². The lowest BCUT2D eigenvalue weighted by atomic mass is 9.89. The Morgan fingerprint density at radius 1 is 1.05 bits per heavy atom. The van der Waals surface area contributed by atoms with Crippen LogP contribution in [0.2, 0.25) is 0 Å². The van der Waals surface area contributed by atoms with Crippen molar-refractivity contribution in [3.05, 3.63) is 41.5 Å². The average molecular weight is 302 g/mol. The van der Waals surface area contributed by atoms with E-state index in [2.05, 4.69) is 0 Å². The van der Waals surface area contributed by atoms with Gasteiger partial charge in [0, 0.05) is 23.6 Å². The molecule has 3 rings (SSSR count). The molecule has 0 fully saturated rings. The summed E-state index contributed by atoms with van der Waals surface area (Å²) in [7, 11) is 3.07. The largest absolute Gasteiger partial charge is 0.508 e. The molecule has 2 N–H and O–H groups in total. The van der Waals surface area contributed by atoms with Crippen LogP contribution in [-0.4, -0.2) is 31.0 Å². The Balaban J connectivity index is 1.90. The summed E-state index contributed by atoms with van der Waals surface area (Å²) in [6.07, 6.45) is 0.700. The Kier molecular flexibility index (Phi) is 3.71. The zero-order valence-electron chi connectivity index (χ0n) is 12.5. The fraction of sp³-hybridized carbons (Fsp3) is 0.294. The summed E-state index contributed by atoms with van der Waals surface area (Å²) >= 11 is 0. The van der Waals surface area contributed by atoms with E-state index >= 15 is 0 Å². The third-order valence-electron chi connectivity index (χ3n) is 3.95. The number of rotatable bonds is 3. The molecule has 2 aromatic rings. The number of hydrogen-bond acceptors (Lipinski definition) is 5. The van der Waals surface area contributed by atoms with Crippen molar-refractivity contribution in [1.82, 2.24) is 0 Å². The molecule has 0 aliphatic carbocycles. The maximum atomic E-state index is 10.2. The Morgan fingerprint density at radius 2 is 1.86 bits per heavy atom.